The number of nitrogens with zero attached hydrogens (tertiary/aromatic N) is 3. The Morgan fingerprint density at radius 1 is 1.16 bits per heavy atom. The molecule has 0 bridgehead atoms. The van der Waals surface area contributed by atoms with Gasteiger partial charge in [0.25, 0.3) is 5.91 Å². The molecule has 8 heteroatoms. The SMILES string of the molecule is CCOc1cccc2sc(N(Cc3cccnc3)C(=O)c3cc(Cl)ccc3OC)nc12. The van der Waals surface area contributed by atoms with Crippen LogP contribution in [0.5, 0.6) is 11.5 Å². The third-order valence-corrected chi connectivity index (χ3v) is 5.88. The Hall–Kier alpha value is -3.16. The minimum Gasteiger partial charge on any atom is -0.496 e. The summed E-state index contributed by atoms with van der Waals surface area (Å²) in [5.41, 5.74) is 1.97. The molecule has 158 valence electrons. The molecule has 2 aromatic heterocycles. The summed E-state index contributed by atoms with van der Waals surface area (Å²) in [5.74, 6) is 0.874. The highest BCUT2D eigenvalue weighted by atomic mass is 35.5. The van der Waals surface area contributed by atoms with Crippen molar-refractivity contribution in [3.8, 4) is 11.5 Å². The van der Waals surface area contributed by atoms with Gasteiger partial charge in [-0.05, 0) is 48.9 Å². The van der Waals surface area contributed by atoms with E-state index < -0.39 is 0 Å². The van der Waals surface area contributed by atoms with E-state index in [4.69, 9.17) is 26.1 Å². The molecule has 0 aliphatic rings. The Bertz CT molecular complexity index is 1210. The van der Waals surface area contributed by atoms with E-state index in [1.54, 1.807) is 35.5 Å². The highest BCUT2D eigenvalue weighted by molar-refractivity contribution is 7.22. The normalized spacial score (nSPS) is 10.8. The Morgan fingerprint density at radius 2 is 2.03 bits per heavy atom. The van der Waals surface area contributed by atoms with Gasteiger partial charge >= 0.3 is 0 Å². The van der Waals surface area contributed by atoms with Gasteiger partial charge in [-0.15, -0.1) is 0 Å². The van der Waals surface area contributed by atoms with Gasteiger partial charge in [0.15, 0.2) is 5.13 Å². The first kappa shape index (κ1) is 21.1. The maximum atomic E-state index is 13.7. The lowest BCUT2D eigenvalue weighted by Crippen LogP contribution is -2.30. The number of halogens is 1. The van der Waals surface area contributed by atoms with E-state index in [2.05, 4.69) is 4.98 Å². The summed E-state index contributed by atoms with van der Waals surface area (Å²) in [5, 5.41) is 1.01. The second-order valence-corrected chi connectivity index (χ2v) is 8.08. The van der Waals surface area contributed by atoms with Gasteiger partial charge in [-0.3, -0.25) is 14.7 Å². The number of amides is 1. The average molecular weight is 454 g/mol. The van der Waals surface area contributed by atoms with Crippen LogP contribution in [-0.4, -0.2) is 29.6 Å². The molecule has 0 saturated carbocycles. The van der Waals surface area contributed by atoms with E-state index in [9.17, 15) is 4.79 Å². The topological polar surface area (TPSA) is 64.5 Å². The molecule has 0 unspecified atom stereocenters. The van der Waals surface area contributed by atoms with Crippen molar-refractivity contribution in [3.05, 3.63) is 77.1 Å². The number of fused-ring (bicyclic) bond motifs is 1. The van der Waals surface area contributed by atoms with Crippen molar-refractivity contribution in [1.82, 2.24) is 9.97 Å². The van der Waals surface area contributed by atoms with Crippen LogP contribution < -0.4 is 14.4 Å². The second-order valence-electron chi connectivity index (χ2n) is 6.63. The molecule has 0 spiro atoms. The molecule has 4 aromatic rings. The highest BCUT2D eigenvalue weighted by Gasteiger charge is 2.25. The first-order valence-electron chi connectivity index (χ1n) is 9.67. The smallest absolute Gasteiger partial charge is 0.264 e. The lowest BCUT2D eigenvalue weighted by molar-refractivity contribution is 0.0982. The van der Waals surface area contributed by atoms with Crippen LogP contribution in [0.2, 0.25) is 5.02 Å². The Labute approximate surface area is 189 Å². The first-order chi connectivity index (χ1) is 15.1. The number of methoxy groups -OCH3 is 1. The van der Waals surface area contributed by atoms with E-state index in [0.29, 0.717) is 40.4 Å². The molecule has 0 aliphatic carbocycles. The summed E-state index contributed by atoms with van der Waals surface area (Å²) in [6, 6.07) is 14.5. The van der Waals surface area contributed by atoms with Crippen LogP contribution in [0.4, 0.5) is 5.13 Å². The van der Waals surface area contributed by atoms with Gasteiger partial charge in [0.05, 0.1) is 30.5 Å². The summed E-state index contributed by atoms with van der Waals surface area (Å²) >= 11 is 7.61. The molecule has 6 nitrogen and oxygen atoms in total. The van der Waals surface area contributed by atoms with E-state index in [0.717, 1.165) is 15.8 Å². The number of pyridine rings is 1. The molecule has 0 fully saturated rings. The standard InChI is InChI=1S/C23H20ClN3O3S/c1-3-30-19-7-4-8-20-21(19)26-23(31-20)27(14-15-6-5-11-25-13-15)22(28)17-12-16(24)9-10-18(17)29-2/h4-13H,3,14H2,1-2H3. The van der Waals surface area contributed by atoms with Crippen molar-refractivity contribution < 1.29 is 14.3 Å². The van der Waals surface area contributed by atoms with Gasteiger partial charge in [0.2, 0.25) is 0 Å². The van der Waals surface area contributed by atoms with E-state index in [-0.39, 0.29) is 5.91 Å². The van der Waals surface area contributed by atoms with Crippen LogP contribution in [0.15, 0.2) is 60.9 Å². The molecule has 0 aliphatic heterocycles. The lowest BCUT2D eigenvalue weighted by Gasteiger charge is -2.21. The number of hydrogen-bond acceptors (Lipinski definition) is 6. The number of benzene rings is 2. The van der Waals surface area contributed by atoms with Crippen molar-refractivity contribution >= 4 is 44.2 Å². The van der Waals surface area contributed by atoms with Crippen molar-refractivity contribution in [2.75, 3.05) is 18.6 Å². The maximum absolute atomic E-state index is 13.7. The van der Waals surface area contributed by atoms with Crippen LogP contribution in [0.25, 0.3) is 10.2 Å². The van der Waals surface area contributed by atoms with Gasteiger partial charge in [-0.25, -0.2) is 4.98 Å². The molecular formula is C23H20ClN3O3S. The fourth-order valence-electron chi connectivity index (χ4n) is 3.19. The number of hydrogen-bond donors (Lipinski definition) is 0. The largest absolute Gasteiger partial charge is 0.496 e. The summed E-state index contributed by atoms with van der Waals surface area (Å²) in [6.45, 7) is 2.76. The van der Waals surface area contributed by atoms with Crippen molar-refractivity contribution in [2.45, 2.75) is 13.5 Å². The van der Waals surface area contributed by atoms with E-state index in [1.165, 1.54) is 18.4 Å². The molecule has 1 amide bonds. The number of aromatic nitrogens is 2. The average Bonchev–Trinajstić information content (AvgIpc) is 3.23. The zero-order chi connectivity index (χ0) is 21.8. The number of carbonyl (C=O) groups is 1. The fraction of sp³-hybridized carbons (Fsp3) is 0.174. The zero-order valence-corrected chi connectivity index (χ0v) is 18.6. The molecule has 0 N–H and O–H groups in total. The van der Waals surface area contributed by atoms with Gasteiger partial charge in [0.1, 0.15) is 17.0 Å². The van der Waals surface area contributed by atoms with E-state index in [1.807, 2.05) is 37.3 Å². The Morgan fingerprint density at radius 3 is 2.77 bits per heavy atom. The van der Waals surface area contributed by atoms with Gasteiger partial charge in [-0.1, -0.05) is 35.1 Å². The third kappa shape index (κ3) is 4.47. The highest BCUT2D eigenvalue weighted by Crippen LogP contribution is 2.36. The van der Waals surface area contributed by atoms with Crippen molar-refractivity contribution in [2.24, 2.45) is 0 Å². The zero-order valence-electron chi connectivity index (χ0n) is 17.0. The predicted octanol–water partition coefficient (Wildman–Crippen LogP) is 5.60. The van der Waals surface area contributed by atoms with E-state index >= 15 is 0 Å². The molecule has 4 rings (SSSR count). The Kier molecular flexibility index (Phi) is 6.34. The maximum Gasteiger partial charge on any atom is 0.264 e. The molecule has 0 radical (unpaired) electrons. The molecular weight excluding hydrogens is 434 g/mol. The number of carbonyl (C=O) groups excluding carboxylic acids is 1. The van der Waals surface area contributed by atoms with Crippen molar-refractivity contribution in [1.29, 1.82) is 0 Å². The minimum atomic E-state index is -0.264. The molecule has 31 heavy (non-hydrogen) atoms. The van der Waals surface area contributed by atoms with Crippen molar-refractivity contribution in [3.63, 3.8) is 0 Å². The summed E-state index contributed by atoms with van der Waals surface area (Å²) < 4.78 is 12.1. The predicted molar refractivity (Wildman–Crippen MR) is 124 cm³/mol. The Balaban J connectivity index is 1.82. The molecule has 0 saturated heterocycles. The molecule has 0 atom stereocenters. The second kappa shape index (κ2) is 9.32. The van der Waals surface area contributed by atoms with Gasteiger partial charge in [0, 0.05) is 17.4 Å². The number of rotatable bonds is 7. The quantitative estimate of drug-likeness (QED) is 0.364. The number of ether oxygens (including phenoxy) is 2. The van der Waals surface area contributed by atoms with Crippen LogP contribution in [0.1, 0.15) is 22.8 Å². The minimum absolute atomic E-state index is 0.264. The molecule has 2 heterocycles. The van der Waals surface area contributed by atoms with Crippen LogP contribution in [0.3, 0.4) is 0 Å². The lowest BCUT2D eigenvalue weighted by atomic mass is 10.1. The van der Waals surface area contributed by atoms with Gasteiger partial charge < -0.3 is 9.47 Å². The summed E-state index contributed by atoms with van der Waals surface area (Å²) in [4.78, 5) is 24.2. The third-order valence-electron chi connectivity index (χ3n) is 4.60. The monoisotopic (exact) mass is 453 g/mol. The van der Waals surface area contributed by atoms with Crippen LogP contribution in [-0.2, 0) is 6.54 Å². The van der Waals surface area contributed by atoms with Crippen LogP contribution in [0, 0.1) is 0 Å². The fourth-order valence-corrected chi connectivity index (χ4v) is 4.35. The first-order valence-corrected chi connectivity index (χ1v) is 10.9. The summed E-state index contributed by atoms with van der Waals surface area (Å²) in [6.07, 6.45) is 3.43. The number of para-hydroxylation sites is 1. The van der Waals surface area contributed by atoms with Gasteiger partial charge in [-0.2, -0.15) is 0 Å². The number of thiazole rings is 1. The number of anilines is 1. The summed E-state index contributed by atoms with van der Waals surface area (Å²) in [7, 11) is 1.53. The molecule has 2 aromatic carbocycles. The van der Waals surface area contributed by atoms with Crippen LogP contribution >= 0.6 is 22.9 Å².